The molecule has 1 saturated heterocycles. The molecule has 1 aliphatic rings. The van der Waals surface area contributed by atoms with Crippen molar-refractivity contribution >= 4 is 5.97 Å². The van der Waals surface area contributed by atoms with Gasteiger partial charge in [0.15, 0.2) is 0 Å². The monoisotopic (exact) mass is 257 g/mol. The van der Waals surface area contributed by atoms with E-state index >= 15 is 0 Å². The molecule has 2 unspecified atom stereocenters. The Hall–Kier alpha value is -0.650. The molecular weight excluding hydrogens is 230 g/mol. The van der Waals surface area contributed by atoms with Gasteiger partial charge < -0.3 is 15.0 Å². The molecule has 18 heavy (non-hydrogen) atoms. The van der Waals surface area contributed by atoms with E-state index in [1.54, 1.807) is 7.05 Å². The highest BCUT2D eigenvalue weighted by Crippen LogP contribution is 2.10. The van der Waals surface area contributed by atoms with E-state index in [0.717, 1.165) is 39.1 Å². The maximum Gasteiger partial charge on any atom is 0.322 e. The zero-order valence-corrected chi connectivity index (χ0v) is 12.1. The molecule has 0 aromatic carbocycles. The van der Waals surface area contributed by atoms with Crippen LogP contribution in [0.3, 0.4) is 0 Å². The first-order chi connectivity index (χ1) is 8.62. The first kappa shape index (κ1) is 15.4. The van der Waals surface area contributed by atoms with Crippen molar-refractivity contribution in [2.75, 3.05) is 46.9 Å². The van der Waals surface area contributed by atoms with E-state index in [4.69, 9.17) is 4.74 Å². The molecule has 0 radical (unpaired) electrons. The largest absolute Gasteiger partial charge is 0.468 e. The maximum atomic E-state index is 11.5. The molecule has 0 aromatic heterocycles. The summed E-state index contributed by atoms with van der Waals surface area (Å²) >= 11 is 0. The minimum atomic E-state index is -0.186. The van der Waals surface area contributed by atoms with E-state index in [2.05, 4.69) is 29.0 Å². The lowest BCUT2D eigenvalue weighted by Crippen LogP contribution is -2.52. The number of ether oxygens (including phenoxy) is 1. The van der Waals surface area contributed by atoms with Gasteiger partial charge in [-0.05, 0) is 26.9 Å². The molecule has 0 amide bonds. The molecule has 106 valence electrons. The average Bonchev–Trinajstić information content (AvgIpc) is 2.39. The zero-order valence-electron chi connectivity index (χ0n) is 12.1. The number of piperazine rings is 1. The van der Waals surface area contributed by atoms with Crippen LogP contribution in [0.4, 0.5) is 0 Å². The van der Waals surface area contributed by atoms with Crippen molar-refractivity contribution in [3.8, 4) is 0 Å². The fraction of sp³-hybridized carbons (Fsp3) is 0.923. The minimum absolute atomic E-state index is 0.169. The van der Waals surface area contributed by atoms with Crippen molar-refractivity contribution in [2.24, 2.45) is 0 Å². The fourth-order valence-corrected chi connectivity index (χ4v) is 2.58. The summed E-state index contributed by atoms with van der Waals surface area (Å²) in [5, 5.41) is 3.01. The summed E-state index contributed by atoms with van der Waals surface area (Å²) in [6.45, 7) is 9.85. The lowest BCUT2D eigenvalue weighted by atomic mass is 10.1. The number of nitrogens with zero attached hydrogens (tertiary/aromatic N) is 2. The second-order valence-electron chi connectivity index (χ2n) is 4.93. The van der Waals surface area contributed by atoms with Gasteiger partial charge >= 0.3 is 5.97 Å². The Labute approximate surface area is 110 Å². The standard InChI is InChI=1S/C13H27N3O2/c1-5-16-9-8-15(10-11(16)2)7-6-12(14-3)13(17)18-4/h11-12,14H,5-10H2,1-4H3. The number of hydrogen-bond acceptors (Lipinski definition) is 5. The first-order valence-corrected chi connectivity index (χ1v) is 6.83. The molecule has 5 heteroatoms. The van der Waals surface area contributed by atoms with Crippen LogP contribution >= 0.6 is 0 Å². The lowest BCUT2D eigenvalue weighted by molar-refractivity contribution is -0.143. The molecule has 2 atom stereocenters. The van der Waals surface area contributed by atoms with Crippen LogP contribution in [0, 0.1) is 0 Å². The second kappa shape index (κ2) is 7.71. The van der Waals surface area contributed by atoms with Gasteiger partial charge in [0.1, 0.15) is 6.04 Å². The van der Waals surface area contributed by atoms with Crippen LogP contribution in [-0.2, 0) is 9.53 Å². The number of esters is 1. The first-order valence-electron chi connectivity index (χ1n) is 6.83. The number of methoxy groups -OCH3 is 1. The van der Waals surface area contributed by atoms with E-state index in [9.17, 15) is 4.79 Å². The number of carbonyl (C=O) groups is 1. The maximum absolute atomic E-state index is 11.5. The van der Waals surface area contributed by atoms with Crippen LogP contribution in [0.1, 0.15) is 20.3 Å². The number of hydrogen-bond donors (Lipinski definition) is 1. The fourth-order valence-electron chi connectivity index (χ4n) is 2.58. The Kier molecular flexibility index (Phi) is 6.60. The van der Waals surface area contributed by atoms with Gasteiger partial charge in [-0.15, -0.1) is 0 Å². The molecule has 1 aliphatic heterocycles. The van der Waals surface area contributed by atoms with Crippen molar-refractivity contribution < 1.29 is 9.53 Å². The van der Waals surface area contributed by atoms with Crippen molar-refractivity contribution in [3.05, 3.63) is 0 Å². The van der Waals surface area contributed by atoms with E-state index in [1.807, 2.05) is 0 Å². The molecule has 0 spiro atoms. The molecule has 1 rings (SSSR count). The normalized spacial score (nSPS) is 23.9. The third-order valence-corrected chi connectivity index (χ3v) is 3.82. The Morgan fingerprint density at radius 3 is 2.72 bits per heavy atom. The summed E-state index contributed by atoms with van der Waals surface area (Å²) in [5.74, 6) is -0.169. The summed E-state index contributed by atoms with van der Waals surface area (Å²) in [7, 11) is 3.24. The molecule has 1 fully saturated rings. The van der Waals surface area contributed by atoms with Gasteiger partial charge in [0.2, 0.25) is 0 Å². The van der Waals surface area contributed by atoms with Crippen molar-refractivity contribution in [1.29, 1.82) is 0 Å². The molecule has 0 aliphatic carbocycles. The summed E-state index contributed by atoms with van der Waals surface area (Å²) in [5.41, 5.74) is 0. The number of rotatable bonds is 6. The topological polar surface area (TPSA) is 44.8 Å². The van der Waals surface area contributed by atoms with E-state index < -0.39 is 0 Å². The lowest BCUT2D eigenvalue weighted by Gasteiger charge is -2.39. The van der Waals surface area contributed by atoms with Gasteiger partial charge in [0, 0.05) is 32.2 Å². The van der Waals surface area contributed by atoms with E-state index in [0.29, 0.717) is 6.04 Å². The number of likely N-dealkylation sites (N-methyl/N-ethyl adjacent to an activating group) is 2. The quantitative estimate of drug-likeness (QED) is 0.687. The highest BCUT2D eigenvalue weighted by Gasteiger charge is 2.24. The molecule has 0 saturated carbocycles. The van der Waals surface area contributed by atoms with Gasteiger partial charge in [0.05, 0.1) is 7.11 Å². The molecular formula is C13H27N3O2. The predicted molar refractivity (Wildman–Crippen MR) is 72.6 cm³/mol. The predicted octanol–water partition coefficient (Wildman–Crippen LogP) is 0.164. The highest BCUT2D eigenvalue weighted by molar-refractivity contribution is 5.75. The smallest absolute Gasteiger partial charge is 0.322 e. The van der Waals surface area contributed by atoms with Crippen LogP contribution in [-0.4, -0.2) is 74.7 Å². The van der Waals surface area contributed by atoms with Gasteiger partial charge in [-0.25, -0.2) is 0 Å². The summed E-state index contributed by atoms with van der Waals surface area (Å²) in [6, 6.07) is 0.421. The van der Waals surface area contributed by atoms with E-state index in [-0.39, 0.29) is 12.0 Å². The van der Waals surface area contributed by atoms with Crippen LogP contribution in [0.2, 0.25) is 0 Å². The number of carbonyl (C=O) groups excluding carboxylic acids is 1. The molecule has 1 heterocycles. The van der Waals surface area contributed by atoms with Gasteiger partial charge in [0.25, 0.3) is 0 Å². The van der Waals surface area contributed by atoms with Crippen LogP contribution < -0.4 is 5.32 Å². The average molecular weight is 257 g/mol. The number of nitrogens with one attached hydrogen (secondary N) is 1. The van der Waals surface area contributed by atoms with Gasteiger partial charge in [-0.3, -0.25) is 9.69 Å². The Morgan fingerprint density at radius 2 is 2.22 bits per heavy atom. The van der Waals surface area contributed by atoms with Crippen molar-refractivity contribution in [2.45, 2.75) is 32.4 Å². The summed E-state index contributed by atoms with van der Waals surface area (Å²) in [6.07, 6.45) is 0.808. The minimum Gasteiger partial charge on any atom is -0.468 e. The van der Waals surface area contributed by atoms with Gasteiger partial charge in [-0.2, -0.15) is 0 Å². The Balaban J connectivity index is 2.33. The van der Waals surface area contributed by atoms with Crippen molar-refractivity contribution in [3.63, 3.8) is 0 Å². The Bertz CT molecular complexity index is 261. The SMILES string of the molecule is CCN1CCN(CCC(NC)C(=O)OC)CC1C. The van der Waals surface area contributed by atoms with Crippen LogP contribution in [0.15, 0.2) is 0 Å². The third kappa shape index (κ3) is 4.23. The highest BCUT2D eigenvalue weighted by atomic mass is 16.5. The summed E-state index contributed by atoms with van der Waals surface area (Å²) in [4.78, 5) is 16.4. The molecule has 5 nitrogen and oxygen atoms in total. The molecule has 0 aromatic rings. The second-order valence-corrected chi connectivity index (χ2v) is 4.93. The third-order valence-electron chi connectivity index (χ3n) is 3.82. The molecule has 1 N–H and O–H groups in total. The van der Waals surface area contributed by atoms with Crippen molar-refractivity contribution in [1.82, 2.24) is 15.1 Å². The van der Waals surface area contributed by atoms with E-state index in [1.165, 1.54) is 7.11 Å². The van der Waals surface area contributed by atoms with Crippen LogP contribution in [0.5, 0.6) is 0 Å². The molecule has 0 bridgehead atoms. The summed E-state index contributed by atoms with van der Waals surface area (Å²) < 4.78 is 4.77. The van der Waals surface area contributed by atoms with Gasteiger partial charge in [-0.1, -0.05) is 6.92 Å². The Morgan fingerprint density at radius 1 is 1.50 bits per heavy atom. The zero-order chi connectivity index (χ0) is 13.5. The van der Waals surface area contributed by atoms with Crippen LogP contribution in [0.25, 0.3) is 0 Å².